The first-order valence-corrected chi connectivity index (χ1v) is 11.1. The molecular weight excluding hydrogens is 421 g/mol. The molecule has 5 rings (SSSR count). The monoisotopic (exact) mass is 445 g/mol. The van der Waals surface area contributed by atoms with E-state index in [9.17, 15) is 14.0 Å². The summed E-state index contributed by atoms with van der Waals surface area (Å²) < 4.78 is 13.2. The van der Waals surface area contributed by atoms with Crippen molar-refractivity contribution in [3.05, 3.63) is 66.5 Å². The van der Waals surface area contributed by atoms with Gasteiger partial charge in [-0.1, -0.05) is 12.1 Å². The van der Waals surface area contributed by atoms with Crippen LogP contribution >= 0.6 is 0 Å². The van der Waals surface area contributed by atoms with Gasteiger partial charge in [-0.2, -0.15) is 0 Å². The first-order valence-electron chi connectivity index (χ1n) is 11.1. The third kappa shape index (κ3) is 4.55. The van der Waals surface area contributed by atoms with Crippen LogP contribution in [0.2, 0.25) is 0 Å². The molecular formula is C25H24FN5O2. The second-order valence-corrected chi connectivity index (χ2v) is 8.42. The molecule has 1 unspecified atom stereocenters. The highest BCUT2D eigenvalue weighted by Gasteiger charge is 2.35. The van der Waals surface area contributed by atoms with Gasteiger partial charge in [0.25, 0.3) is 0 Å². The van der Waals surface area contributed by atoms with Crippen molar-refractivity contribution in [2.24, 2.45) is 5.92 Å². The Morgan fingerprint density at radius 1 is 1.00 bits per heavy atom. The molecule has 2 aliphatic heterocycles. The fourth-order valence-electron chi connectivity index (χ4n) is 4.35. The normalized spacial score (nSPS) is 18.1. The summed E-state index contributed by atoms with van der Waals surface area (Å²) in [5.74, 6) is -0.331. The van der Waals surface area contributed by atoms with Crippen LogP contribution in [0.15, 0.2) is 60.7 Å². The average Bonchev–Trinajstić information content (AvgIpc) is 3.50. The van der Waals surface area contributed by atoms with Gasteiger partial charge in [-0.3, -0.25) is 9.59 Å². The minimum absolute atomic E-state index is 0.117. The summed E-state index contributed by atoms with van der Waals surface area (Å²) in [6.45, 7) is 2.29. The number of aromatic nitrogens is 2. The lowest BCUT2D eigenvalue weighted by atomic mass is 10.1. The van der Waals surface area contributed by atoms with Gasteiger partial charge in [-0.25, -0.2) is 4.39 Å². The van der Waals surface area contributed by atoms with Gasteiger partial charge in [0, 0.05) is 43.0 Å². The van der Waals surface area contributed by atoms with Gasteiger partial charge in [-0.15, -0.1) is 10.2 Å². The fourth-order valence-corrected chi connectivity index (χ4v) is 4.35. The molecule has 1 aromatic heterocycles. The zero-order valence-corrected chi connectivity index (χ0v) is 18.1. The van der Waals surface area contributed by atoms with Crippen molar-refractivity contribution in [1.82, 2.24) is 10.2 Å². The standard InChI is InChI=1S/C25H24FN5O2/c26-19-6-8-21(9-7-19)31-16-18(15-24(31)32)25(33)27-20-5-3-4-17(14-20)22-10-11-23(29-28-22)30-12-1-2-13-30/h3-11,14,18H,1-2,12-13,15-16H2,(H,27,33). The van der Waals surface area contributed by atoms with E-state index < -0.39 is 5.92 Å². The molecule has 2 aromatic carbocycles. The summed E-state index contributed by atoms with van der Waals surface area (Å²) in [5.41, 5.74) is 2.81. The van der Waals surface area contributed by atoms with Gasteiger partial charge in [-0.05, 0) is 61.4 Å². The highest BCUT2D eigenvalue weighted by Crippen LogP contribution is 2.27. The van der Waals surface area contributed by atoms with Crippen molar-refractivity contribution in [3.8, 4) is 11.3 Å². The molecule has 0 spiro atoms. The first kappa shape index (κ1) is 21.1. The summed E-state index contributed by atoms with van der Waals surface area (Å²) in [5, 5.41) is 11.6. The van der Waals surface area contributed by atoms with E-state index in [-0.39, 0.29) is 30.6 Å². The molecule has 3 aromatic rings. The number of rotatable bonds is 5. The molecule has 0 saturated carbocycles. The second-order valence-electron chi connectivity index (χ2n) is 8.42. The molecule has 2 aliphatic rings. The number of hydrogen-bond donors (Lipinski definition) is 1. The summed E-state index contributed by atoms with van der Waals surface area (Å²) in [6, 6.07) is 17.1. The van der Waals surface area contributed by atoms with E-state index in [1.54, 1.807) is 12.1 Å². The van der Waals surface area contributed by atoms with Crippen molar-refractivity contribution >= 4 is 29.0 Å². The number of anilines is 3. The number of nitrogens with zero attached hydrogens (tertiary/aromatic N) is 4. The highest BCUT2D eigenvalue weighted by atomic mass is 19.1. The molecule has 2 saturated heterocycles. The smallest absolute Gasteiger partial charge is 0.229 e. The van der Waals surface area contributed by atoms with Gasteiger partial charge in [0.1, 0.15) is 5.82 Å². The number of hydrogen-bond acceptors (Lipinski definition) is 5. The van der Waals surface area contributed by atoms with Crippen LogP contribution in [0.4, 0.5) is 21.6 Å². The Balaban J connectivity index is 1.25. The maximum absolute atomic E-state index is 13.2. The number of carbonyl (C=O) groups excluding carboxylic acids is 2. The molecule has 0 aliphatic carbocycles. The molecule has 2 fully saturated rings. The molecule has 1 atom stereocenters. The van der Waals surface area contributed by atoms with Crippen LogP contribution in [0.5, 0.6) is 0 Å². The molecule has 0 radical (unpaired) electrons. The van der Waals surface area contributed by atoms with Crippen molar-refractivity contribution in [2.75, 3.05) is 34.8 Å². The Labute approximate surface area is 191 Å². The van der Waals surface area contributed by atoms with E-state index >= 15 is 0 Å². The van der Waals surface area contributed by atoms with E-state index in [1.807, 2.05) is 36.4 Å². The van der Waals surface area contributed by atoms with Crippen LogP contribution in [0, 0.1) is 11.7 Å². The van der Waals surface area contributed by atoms with Gasteiger partial charge >= 0.3 is 0 Å². The number of halogens is 1. The van der Waals surface area contributed by atoms with Crippen LogP contribution in [0.25, 0.3) is 11.3 Å². The van der Waals surface area contributed by atoms with E-state index in [4.69, 9.17) is 0 Å². The largest absolute Gasteiger partial charge is 0.355 e. The topological polar surface area (TPSA) is 78.4 Å². The minimum Gasteiger partial charge on any atom is -0.355 e. The van der Waals surface area contributed by atoms with Gasteiger partial charge in [0.2, 0.25) is 11.8 Å². The Kier molecular flexibility index (Phi) is 5.73. The summed E-state index contributed by atoms with van der Waals surface area (Å²) >= 11 is 0. The number of benzene rings is 2. The summed E-state index contributed by atoms with van der Waals surface area (Å²) in [4.78, 5) is 29.0. The lowest BCUT2D eigenvalue weighted by Crippen LogP contribution is -2.28. The van der Waals surface area contributed by atoms with E-state index in [1.165, 1.54) is 29.9 Å². The molecule has 2 amide bonds. The Bertz CT molecular complexity index is 1160. The second kappa shape index (κ2) is 8.97. The lowest BCUT2D eigenvalue weighted by Gasteiger charge is -2.17. The summed E-state index contributed by atoms with van der Waals surface area (Å²) in [6.07, 6.45) is 2.48. The molecule has 3 heterocycles. The third-order valence-electron chi connectivity index (χ3n) is 6.14. The maximum atomic E-state index is 13.2. The van der Waals surface area contributed by atoms with Crippen LogP contribution in [-0.4, -0.2) is 41.6 Å². The SMILES string of the molecule is O=C(Nc1cccc(-c2ccc(N3CCCC3)nn2)c1)C1CC(=O)N(c2ccc(F)cc2)C1. The Morgan fingerprint density at radius 2 is 1.79 bits per heavy atom. The van der Waals surface area contributed by atoms with Gasteiger partial charge in [0.05, 0.1) is 11.6 Å². The summed E-state index contributed by atoms with van der Waals surface area (Å²) in [7, 11) is 0. The Hall–Kier alpha value is -3.81. The predicted molar refractivity (Wildman–Crippen MR) is 124 cm³/mol. The number of carbonyl (C=O) groups is 2. The first-order chi connectivity index (χ1) is 16.1. The lowest BCUT2D eigenvalue weighted by molar-refractivity contribution is -0.122. The molecule has 0 bridgehead atoms. The van der Waals surface area contributed by atoms with Crippen LogP contribution in [0.1, 0.15) is 19.3 Å². The van der Waals surface area contributed by atoms with Crippen molar-refractivity contribution in [2.45, 2.75) is 19.3 Å². The van der Waals surface area contributed by atoms with Gasteiger partial charge in [0.15, 0.2) is 5.82 Å². The quantitative estimate of drug-likeness (QED) is 0.645. The predicted octanol–water partition coefficient (Wildman–Crippen LogP) is 3.87. The van der Waals surface area contributed by atoms with Crippen LogP contribution < -0.4 is 15.1 Å². The van der Waals surface area contributed by atoms with E-state index in [2.05, 4.69) is 20.4 Å². The molecule has 168 valence electrons. The van der Waals surface area contributed by atoms with Gasteiger partial charge < -0.3 is 15.1 Å². The van der Waals surface area contributed by atoms with E-state index in [0.29, 0.717) is 11.4 Å². The molecule has 8 heteroatoms. The maximum Gasteiger partial charge on any atom is 0.229 e. The Morgan fingerprint density at radius 3 is 2.52 bits per heavy atom. The van der Waals surface area contributed by atoms with Crippen molar-refractivity contribution in [3.63, 3.8) is 0 Å². The van der Waals surface area contributed by atoms with E-state index in [0.717, 1.165) is 30.2 Å². The molecule has 1 N–H and O–H groups in total. The molecule has 7 nitrogen and oxygen atoms in total. The highest BCUT2D eigenvalue weighted by molar-refractivity contribution is 6.03. The number of nitrogens with one attached hydrogen (secondary N) is 1. The zero-order chi connectivity index (χ0) is 22.8. The molecule has 33 heavy (non-hydrogen) atoms. The minimum atomic E-state index is -0.481. The average molecular weight is 445 g/mol. The van der Waals surface area contributed by atoms with Crippen molar-refractivity contribution < 1.29 is 14.0 Å². The number of amides is 2. The third-order valence-corrected chi connectivity index (χ3v) is 6.14. The van der Waals surface area contributed by atoms with Crippen LogP contribution in [-0.2, 0) is 9.59 Å². The zero-order valence-electron chi connectivity index (χ0n) is 18.1. The van der Waals surface area contributed by atoms with Crippen molar-refractivity contribution in [1.29, 1.82) is 0 Å². The fraction of sp³-hybridized carbons (Fsp3) is 0.280. The van der Waals surface area contributed by atoms with Crippen LogP contribution in [0.3, 0.4) is 0 Å².